The first kappa shape index (κ1) is 12.7. The Morgan fingerprint density at radius 1 is 1.42 bits per heavy atom. The number of hydrogen-bond donors (Lipinski definition) is 2. The van der Waals surface area contributed by atoms with E-state index in [0.717, 1.165) is 19.4 Å². The molecule has 19 heavy (non-hydrogen) atoms. The fraction of sp³-hybridized carbons (Fsp3) is 0.692. The van der Waals surface area contributed by atoms with Crippen LogP contribution >= 0.6 is 11.3 Å². The third-order valence-corrected chi connectivity index (χ3v) is 5.41. The van der Waals surface area contributed by atoms with Gasteiger partial charge in [-0.1, -0.05) is 24.2 Å². The van der Waals surface area contributed by atoms with Gasteiger partial charge in [-0.15, -0.1) is 0 Å². The molecule has 0 bridgehead atoms. The molecule has 2 unspecified atom stereocenters. The van der Waals surface area contributed by atoms with Crippen LogP contribution in [0.4, 0.5) is 10.9 Å². The van der Waals surface area contributed by atoms with E-state index in [2.05, 4.69) is 10.3 Å². The van der Waals surface area contributed by atoms with Crippen LogP contribution in [0.2, 0.25) is 0 Å². The molecule has 3 rings (SSSR count). The van der Waals surface area contributed by atoms with Gasteiger partial charge in [-0.25, -0.2) is 4.98 Å². The largest absolute Gasteiger partial charge is 0.382 e. The van der Waals surface area contributed by atoms with E-state index >= 15 is 0 Å². The molecule has 5 nitrogen and oxygen atoms in total. The Balaban J connectivity index is 1.81. The maximum absolute atomic E-state index is 12.6. The van der Waals surface area contributed by atoms with Crippen molar-refractivity contribution >= 4 is 28.2 Å². The minimum Gasteiger partial charge on any atom is -0.382 e. The lowest BCUT2D eigenvalue weighted by molar-refractivity contribution is 0.0696. The van der Waals surface area contributed by atoms with E-state index in [9.17, 15) is 4.79 Å². The van der Waals surface area contributed by atoms with Gasteiger partial charge in [0.2, 0.25) is 0 Å². The molecule has 1 amide bonds. The molecular formula is C13H20N4OS. The SMILES string of the molecule is CNc1nc(N)c(C(=O)N2CCC3CCCCC32)s1. The minimum atomic E-state index is 0.0749. The lowest BCUT2D eigenvalue weighted by atomic mass is 9.85. The number of aromatic nitrogens is 1. The first-order chi connectivity index (χ1) is 9.20. The summed E-state index contributed by atoms with van der Waals surface area (Å²) in [7, 11) is 1.79. The Morgan fingerprint density at radius 2 is 2.21 bits per heavy atom. The number of nitrogens with two attached hydrogens (primary N) is 1. The average molecular weight is 280 g/mol. The highest BCUT2D eigenvalue weighted by atomic mass is 32.1. The summed E-state index contributed by atoms with van der Waals surface area (Å²) in [6, 6.07) is 0.431. The molecule has 0 aromatic carbocycles. The zero-order valence-electron chi connectivity index (χ0n) is 11.2. The average Bonchev–Trinajstić information content (AvgIpc) is 3.01. The predicted molar refractivity (Wildman–Crippen MR) is 77.5 cm³/mol. The molecule has 1 saturated carbocycles. The molecular weight excluding hydrogens is 260 g/mol. The highest BCUT2D eigenvalue weighted by molar-refractivity contribution is 7.18. The van der Waals surface area contributed by atoms with Crippen molar-refractivity contribution in [3.63, 3.8) is 0 Å². The van der Waals surface area contributed by atoms with Crippen molar-refractivity contribution in [2.75, 3.05) is 24.6 Å². The number of nitrogens with one attached hydrogen (secondary N) is 1. The Morgan fingerprint density at radius 3 is 2.95 bits per heavy atom. The number of carbonyl (C=O) groups is 1. The molecule has 0 spiro atoms. The second-order valence-corrected chi connectivity index (χ2v) is 6.38. The summed E-state index contributed by atoms with van der Waals surface area (Å²) in [6.07, 6.45) is 6.12. The molecule has 2 atom stereocenters. The third kappa shape index (κ3) is 2.18. The van der Waals surface area contributed by atoms with Crippen LogP contribution in [0.15, 0.2) is 0 Å². The van der Waals surface area contributed by atoms with Crippen LogP contribution in [0.3, 0.4) is 0 Å². The summed E-state index contributed by atoms with van der Waals surface area (Å²) in [6.45, 7) is 0.875. The lowest BCUT2D eigenvalue weighted by Gasteiger charge is -2.31. The molecule has 2 aliphatic rings. The molecule has 1 aliphatic heterocycles. The number of nitrogens with zero attached hydrogens (tertiary/aromatic N) is 2. The van der Waals surface area contributed by atoms with Crippen molar-refractivity contribution in [2.45, 2.75) is 38.1 Å². The number of rotatable bonds is 2. The number of carbonyl (C=O) groups excluding carboxylic acids is 1. The van der Waals surface area contributed by atoms with Gasteiger partial charge < -0.3 is 16.0 Å². The quantitative estimate of drug-likeness (QED) is 0.871. The third-order valence-electron chi connectivity index (χ3n) is 4.33. The fourth-order valence-corrected chi connectivity index (χ4v) is 4.17. The number of nitrogen functional groups attached to an aromatic ring is 1. The highest BCUT2D eigenvalue weighted by Gasteiger charge is 2.39. The van der Waals surface area contributed by atoms with E-state index in [4.69, 9.17) is 5.73 Å². The summed E-state index contributed by atoms with van der Waals surface area (Å²) in [5.74, 6) is 1.14. The van der Waals surface area contributed by atoms with Gasteiger partial charge in [0.1, 0.15) is 10.7 Å². The molecule has 1 aliphatic carbocycles. The first-order valence-electron chi connectivity index (χ1n) is 6.95. The van der Waals surface area contributed by atoms with Crippen LogP contribution in [0.25, 0.3) is 0 Å². The van der Waals surface area contributed by atoms with Gasteiger partial charge in [0, 0.05) is 19.6 Å². The fourth-order valence-electron chi connectivity index (χ4n) is 3.38. The summed E-state index contributed by atoms with van der Waals surface area (Å²) in [5, 5.41) is 3.66. The summed E-state index contributed by atoms with van der Waals surface area (Å²) in [4.78, 5) is 19.4. The van der Waals surface area contributed by atoms with Crippen LogP contribution in [0, 0.1) is 5.92 Å². The van der Waals surface area contributed by atoms with Crippen molar-refractivity contribution in [1.29, 1.82) is 0 Å². The molecule has 104 valence electrons. The van der Waals surface area contributed by atoms with Crippen LogP contribution in [0.5, 0.6) is 0 Å². The molecule has 1 saturated heterocycles. The van der Waals surface area contributed by atoms with Crippen LogP contribution < -0.4 is 11.1 Å². The second-order valence-electron chi connectivity index (χ2n) is 5.38. The smallest absolute Gasteiger partial charge is 0.268 e. The zero-order valence-corrected chi connectivity index (χ0v) is 12.0. The summed E-state index contributed by atoms with van der Waals surface area (Å²) in [5.41, 5.74) is 5.87. The number of anilines is 2. The molecule has 1 aromatic heterocycles. The van der Waals surface area contributed by atoms with Crippen molar-refractivity contribution in [3.05, 3.63) is 4.88 Å². The van der Waals surface area contributed by atoms with Gasteiger partial charge in [-0.05, 0) is 25.2 Å². The number of fused-ring (bicyclic) bond motifs is 1. The highest BCUT2D eigenvalue weighted by Crippen LogP contribution is 2.38. The molecule has 3 N–H and O–H groups in total. The first-order valence-corrected chi connectivity index (χ1v) is 7.77. The Bertz CT molecular complexity index is 487. The van der Waals surface area contributed by atoms with Gasteiger partial charge in [0.15, 0.2) is 5.13 Å². The topological polar surface area (TPSA) is 71.2 Å². The van der Waals surface area contributed by atoms with Gasteiger partial charge in [0.25, 0.3) is 5.91 Å². The molecule has 2 fully saturated rings. The zero-order chi connectivity index (χ0) is 13.4. The molecule has 0 radical (unpaired) electrons. The monoisotopic (exact) mass is 280 g/mol. The maximum atomic E-state index is 12.6. The number of hydrogen-bond acceptors (Lipinski definition) is 5. The van der Waals surface area contributed by atoms with Crippen molar-refractivity contribution in [1.82, 2.24) is 9.88 Å². The molecule has 6 heteroatoms. The standard InChI is InChI=1S/C13H20N4OS/c1-15-13-16-11(14)10(19-13)12(18)17-7-6-8-4-2-3-5-9(8)17/h8-9H,2-7,14H2,1H3,(H,15,16). The number of amides is 1. The predicted octanol–water partition coefficient (Wildman–Crippen LogP) is 2.17. The van der Waals surface area contributed by atoms with Crippen LogP contribution in [-0.4, -0.2) is 35.4 Å². The summed E-state index contributed by atoms with van der Waals surface area (Å²) >= 11 is 1.36. The molecule has 2 heterocycles. The van der Waals surface area contributed by atoms with Crippen LogP contribution in [0.1, 0.15) is 41.8 Å². The van der Waals surface area contributed by atoms with E-state index in [1.54, 1.807) is 7.05 Å². The van der Waals surface area contributed by atoms with Gasteiger partial charge in [-0.3, -0.25) is 4.79 Å². The van der Waals surface area contributed by atoms with E-state index in [0.29, 0.717) is 27.8 Å². The van der Waals surface area contributed by atoms with Crippen LogP contribution in [-0.2, 0) is 0 Å². The number of thiazole rings is 1. The number of likely N-dealkylation sites (tertiary alicyclic amines) is 1. The Hall–Kier alpha value is -1.30. The maximum Gasteiger partial charge on any atom is 0.268 e. The Kier molecular flexibility index (Phi) is 3.35. The molecule has 1 aromatic rings. The van der Waals surface area contributed by atoms with Gasteiger partial charge in [0.05, 0.1) is 0 Å². The van der Waals surface area contributed by atoms with E-state index in [1.165, 1.54) is 30.6 Å². The minimum absolute atomic E-state index is 0.0749. The summed E-state index contributed by atoms with van der Waals surface area (Å²) < 4.78 is 0. The van der Waals surface area contributed by atoms with Crippen molar-refractivity contribution < 1.29 is 4.79 Å². The van der Waals surface area contributed by atoms with Gasteiger partial charge in [-0.2, -0.15) is 0 Å². The van der Waals surface area contributed by atoms with E-state index in [1.807, 2.05) is 4.90 Å². The normalized spacial score (nSPS) is 26.3. The van der Waals surface area contributed by atoms with E-state index in [-0.39, 0.29) is 5.91 Å². The Labute approximate surface area is 117 Å². The lowest BCUT2D eigenvalue weighted by Crippen LogP contribution is -2.39. The van der Waals surface area contributed by atoms with Gasteiger partial charge >= 0.3 is 0 Å². The van der Waals surface area contributed by atoms with E-state index < -0.39 is 0 Å². The van der Waals surface area contributed by atoms with Crippen molar-refractivity contribution in [2.24, 2.45) is 5.92 Å². The second kappa shape index (κ2) is 5.00. The van der Waals surface area contributed by atoms with Crippen molar-refractivity contribution in [3.8, 4) is 0 Å².